The summed E-state index contributed by atoms with van der Waals surface area (Å²) < 4.78 is 27.4. The maximum atomic E-state index is 12.3. The summed E-state index contributed by atoms with van der Waals surface area (Å²) in [5.41, 5.74) is 1.07. The van der Waals surface area contributed by atoms with Crippen molar-refractivity contribution in [2.75, 3.05) is 19.6 Å². The van der Waals surface area contributed by atoms with E-state index in [-0.39, 0.29) is 18.4 Å². The van der Waals surface area contributed by atoms with Crippen LogP contribution in [0, 0.1) is 6.92 Å². The summed E-state index contributed by atoms with van der Waals surface area (Å²) in [5.74, 6) is 0. The van der Waals surface area contributed by atoms with Crippen molar-refractivity contribution in [1.82, 2.24) is 9.62 Å². The number of hydrogen-bond acceptors (Lipinski definition) is 3. The summed E-state index contributed by atoms with van der Waals surface area (Å²) >= 11 is 0. The Labute approximate surface area is 134 Å². The van der Waals surface area contributed by atoms with Gasteiger partial charge in [0, 0.05) is 6.04 Å². The van der Waals surface area contributed by atoms with E-state index >= 15 is 0 Å². The van der Waals surface area contributed by atoms with Crippen molar-refractivity contribution in [1.29, 1.82) is 0 Å². The number of nitrogens with one attached hydrogen (secondary N) is 1. The molecule has 0 saturated carbocycles. The molecule has 1 aliphatic rings. The topological polar surface area (TPSA) is 49.4 Å². The third-order valence-electron chi connectivity index (χ3n) is 3.78. The average molecular weight is 333 g/mol. The Balaban J connectivity index is 0.00000220. The molecule has 0 atom stereocenters. The quantitative estimate of drug-likeness (QED) is 0.901. The standard InChI is InChI=1S/C15H24N2O2S.ClH/c1-3-10-17-11-8-14(9-12-17)16-20(18,19)15-6-4-13(2)5-7-15;/h4-7,14,16H,3,8-12H2,1-2H3;1H. The van der Waals surface area contributed by atoms with Gasteiger partial charge < -0.3 is 4.90 Å². The fraction of sp³-hybridized carbons (Fsp3) is 0.600. The van der Waals surface area contributed by atoms with E-state index in [1.807, 2.05) is 19.1 Å². The molecule has 0 radical (unpaired) electrons. The van der Waals surface area contributed by atoms with E-state index in [2.05, 4.69) is 16.5 Å². The fourth-order valence-corrected chi connectivity index (χ4v) is 3.90. The van der Waals surface area contributed by atoms with Crippen LogP contribution in [0.2, 0.25) is 0 Å². The highest BCUT2D eigenvalue weighted by molar-refractivity contribution is 7.89. The zero-order valence-electron chi connectivity index (χ0n) is 12.7. The minimum atomic E-state index is -3.37. The van der Waals surface area contributed by atoms with Crippen LogP contribution in [0.25, 0.3) is 0 Å². The molecule has 0 aromatic heterocycles. The number of aryl methyl sites for hydroxylation is 1. The summed E-state index contributed by atoms with van der Waals surface area (Å²) in [6, 6.07) is 7.07. The van der Waals surface area contributed by atoms with Crippen LogP contribution < -0.4 is 4.72 Å². The monoisotopic (exact) mass is 332 g/mol. The van der Waals surface area contributed by atoms with Crippen LogP contribution in [-0.4, -0.2) is 39.0 Å². The predicted molar refractivity (Wildman–Crippen MR) is 88.5 cm³/mol. The molecule has 1 aromatic rings. The van der Waals surface area contributed by atoms with Gasteiger partial charge >= 0.3 is 0 Å². The molecule has 4 nitrogen and oxygen atoms in total. The Morgan fingerprint density at radius 3 is 2.29 bits per heavy atom. The van der Waals surface area contributed by atoms with Crippen molar-refractivity contribution in [3.63, 3.8) is 0 Å². The summed E-state index contributed by atoms with van der Waals surface area (Å²) in [6.45, 7) is 7.20. The molecular weight excluding hydrogens is 308 g/mol. The highest BCUT2D eigenvalue weighted by Crippen LogP contribution is 2.15. The van der Waals surface area contributed by atoms with Gasteiger partial charge in [0.05, 0.1) is 4.90 Å². The van der Waals surface area contributed by atoms with Crippen molar-refractivity contribution in [3.05, 3.63) is 29.8 Å². The molecule has 1 heterocycles. The van der Waals surface area contributed by atoms with Gasteiger partial charge in [0.2, 0.25) is 10.0 Å². The van der Waals surface area contributed by atoms with Crippen molar-refractivity contribution in [2.24, 2.45) is 0 Å². The molecule has 0 unspecified atom stereocenters. The van der Waals surface area contributed by atoms with Crippen molar-refractivity contribution in [2.45, 2.75) is 44.0 Å². The smallest absolute Gasteiger partial charge is 0.240 e. The predicted octanol–water partition coefficient (Wildman–Crippen LogP) is 2.57. The van der Waals surface area contributed by atoms with Gasteiger partial charge in [-0.05, 0) is 58.0 Å². The fourth-order valence-electron chi connectivity index (χ4n) is 2.60. The van der Waals surface area contributed by atoms with Crippen LogP contribution in [0.1, 0.15) is 31.7 Å². The molecular formula is C15H25ClN2O2S. The first kappa shape index (κ1) is 18.4. The van der Waals surface area contributed by atoms with Crippen molar-refractivity contribution < 1.29 is 8.42 Å². The Kier molecular flexibility index (Phi) is 7.13. The third-order valence-corrected chi connectivity index (χ3v) is 5.32. The van der Waals surface area contributed by atoms with Gasteiger partial charge in [0.1, 0.15) is 0 Å². The lowest BCUT2D eigenvalue weighted by molar-refractivity contribution is 0.208. The number of nitrogens with zero attached hydrogens (tertiary/aromatic N) is 1. The minimum absolute atomic E-state index is 0. The molecule has 1 aliphatic heterocycles. The first-order chi connectivity index (χ1) is 9.51. The molecule has 1 aromatic carbocycles. The number of piperidine rings is 1. The van der Waals surface area contributed by atoms with E-state index < -0.39 is 10.0 Å². The Morgan fingerprint density at radius 1 is 1.19 bits per heavy atom. The van der Waals surface area contributed by atoms with Gasteiger partial charge in [-0.1, -0.05) is 24.6 Å². The summed E-state index contributed by atoms with van der Waals surface area (Å²) in [4.78, 5) is 2.76. The van der Waals surface area contributed by atoms with E-state index in [0.29, 0.717) is 4.90 Å². The molecule has 21 heavy (non-hydrogen) atoms. The van der Waals surface area contributed by atoms with Crippen LogP contribution in [-0.2, 0) is 10.0 Å². The molecule has 2 rings (SSSR count). The average Bonchev–Trinajstić information content (AvgIpc) is 2.41. The summed E-state index contributed by atoms with van der Waals surface area (Å²) in [5, 5.41) is 0. The molecule has 120 valence electrons. The Bertz CT molecular complexity index is 523. The molecule has 0 aliphatic carbocycles. The largest absolute Gasteiger partial charge is 0.303 e. The van der Waals surface area contributed by atoms with Crippen molar-refractivity contribution >= 4 is 22.4 Å². The molecule has 0 spiro atoms. The zero-order valence-corrected chi connectivity index (χ0v) is 14.3. The SMILES string of the molecule is CCCN1CCC(NS(=O)(=O)c2ccc(C)cc2)CC1.Cl. The second-order valence-electron chi connectivity index (χ2n) is 5.55. The van der Waals surface area contributed by atoms with Gasteiger partial charge in [-0.2, -0.15) is 0 Å². The summed E-state index contributed by atoms with van der Waals surface area (Å²) in [6.07, 6.45) is 2.94. The minimum Gasteiger partial charge on any atom is -0.303 e. The molecule has 0 bridgehead atoms. The second kappa shape index (κ2) is 8.13. The first-order valence-electron chi connectivity index (χ1n) is 7.32. The van der Waals surface area contributed by atoms with Gasteiger partial charge in [-0.25, -0.2) is 13.1 Å². The van der Waals surface area contributed by atoms with Gasteiger partial charge in [-0.15, -0.1) is 12.4 Å². The number of benzene rings is 1. The van der Waals surface area contributed by atoms with Crippen LogP contribution in [0.3, 0.4) is 0 Å². The van der Waals surface area contributed by atoms with Gasteiger partial charge in [-0.3, -0.25) is 0 Å². The van der Waals surface area contributed by atoms with E-state index in [1.165, 1.54) is 0 Å². The van der Waals surface area contributed by atoms with E-state index in [9.17, 15) is 8.42 Å². The number of likely N-dealkylation sites (tertiary alicyclic amines) is 1. The normalized spacial score (nSPS) is 17.4. The van der Waals surface area contributed by atoms with Crippen LogP contribution in [0.4, 0.5) is 0 Å². The lowest BCUT2D eigenvalue weighted by Crippen LogP contribution is -2.44. The maximum Gasteiger partial charge on any atom is 0.240 e. The highest BCUT2D eigenvalue weighted by atomic mass is 35.5. The number of rotatable bonds is 5. The zero-order chi connectivity index (χ0) is 14.6. The molecule has 1 fully saturated rings. The first-order valence-corrected chi connectivity index (χ1v) is 8.81. The Hall–Kier alpha value is -0.620. The van der Waals surface area contributed by atoms with Gasteiger partial charge in [0.25, 0.3) is 0 Å². The molecule has 6 heteroatoms. The number of halogens is 1. The lowest BCUT2D eigenvalue weighted by atomic mass is 10.1. The van der Waals surface area contributed by atoms with Crippen LogP contribution >= 0.6 is 12.4 Å². The van der Waals surface area contributed by atoms with Gasteiger partial charge in [0.15, 0.2) is 0 Å². The third kappa shape index (κ3) is 5.25. The van der Waals surface area contributed by atoms with E-state index in [4.69, 9.17) is 0 Å². The van der Waals surface area contributed by atoms with Crippen LogP contribution in [0.15, 0.2) is 29.2 Å². The van der Waals surface area contributed by atoms with E-state index in [1.54, 1.807) is 12.1 Å². The van der Waals surface area contributed by atoms with Crippen molar-refractivity contribution in [3.8, 4) is 0 Å². The molecule has 1 N–H and O–H groups in total. The number of hydrogen-bond donors (Lipinski definition) is 1. The van der Waals surface area contributed by atoms with E-state index in [0.717, 1.165) is 44.5 Å². The molecule has 0 amide bonds. The lowest BCUT2D eigenvalue weighted by Gasteiger charge is -2.31. The Morgan fingerprint density at radius 2 is 1.76 bits per heavy atom. The number of sulfonamides is 1. The van der Waals surface area contributed by atoms with Crippen LogP contribution in [0.5, 0.6) is 0 Å². The molecule has 1 saturated heterocycles. The highest BCUT2D eigenvalue weighted by Gasteiger charge is 2.24. The second-order valence-corrected chi connectivity index (χ2v) is 7.26. The maximum absolute atomic E-state index is 12.3. The summed E-state index contributed by atoms with van der Waals surface area (Å²) in [7, 11) is -3.37.